The van der Waals surface area contributed by atoms with Crippen molar-refractivity contribution in [1.29, 1.82) is 0 Å². The van der Waals surface area contributed by atoms with Gasteiger partial charge in [0.2, 0.25) is 0 Å². The number of nitrogens with one attached hydrogen (secondary N) is 1. The minimum atomic E-state index is -0.564. The highest BCUT2D eigenvalue weighted by atomic mass is 16.3. The van der Waals surface area contributed by atoms with E-state index in [0.29, 0.717) is 11.4 Å². The van der Waals surface area contributed by atoms with Crippen LogP contribution in [-0.2, 0) is 0 Å². The molecule has 0 aromatic heterocycles. The van der Waals surface area contributed by atoms with Gasteiger partial charge in [-0.05, 0) is 37.6 Å². The molecule has 0 bridgehead atoms. The van der Waals surface area contributed by atoms with Crippen LogP contribution in [0.3, 0.4) is 0 Å². The summed E-state index contributed by atoms with van der Waals surface area (Å²) in [6.45, 7) is 3.59. The molecule has 0 aliphatic rings. The van der Waals surface area contributed by atoms with E-state index in [1.165, 1.54) is 0 Å². The Balaban J connectivity index is 2.88. The van der Waals surface area contributed by atoms with Gasteiger partial charge in [-0.1, -0.05) is 0 Å². The van der Waals surface area contributed by atoms with Crippen LogP contribution in [0.4, 0.5) is 11.4 Å². The zero-order valence-electron chi connectivity index (χ0n) is 8.49. The van der Waals surface area contributed by atoms with Gasteiger partial charge in [-0.2, -0.15) is 0 Å². The summed E-state index contributed by atoms with van der Waals surface area (Å²) in [4.78, 5) is 0. The standard InChI is InChI=1S/C10H17N3O/c1-6(13-7(2)14)9-5-8(11)3-4-10(9)12/h3-7,13-14H,11-12H2,1-2H3. The van der Waals surface area contributed by atoms with Gasteiger partial charge in [0.1, 0.15) is 6.23 Å². The molecular weight excluding hydrogens is 178 g/mol. The molecule has 0 radical (unpaired) electrons. The molecule has 0 aliphatic heterocycles. The van der Waals surface area contributed by atoms with Gasteiger partial charge in [0.15, 0.2) is 0 Å². The van der Waals surface area contributed by atoms with Gasteiger partial charge >= 0.3 is 0 Å². The van der Waals surface area contributed by atoms with Crippen molar-refractivity contribution < 1.29 is 5.11 Å². The fourth-order valence-electron chi connectivity index (χ4n) is 1.42. The third-order valence-corrected chi connectivity index (χ3v) is 2.07. The van der Waals surface area contributed by atoms with Crippen LogP contribution in [0.2, 0.25) is 0 Å². The first-order valence-electron chi connectivity index (χ1n) is 4.59. The highest BCUT2D eigenvalue weighted by Gasteiger charge is 2.10. The molecule has 14 heavy (non-hydrogen) atoms. The molecule has 0 saturated heterocycles. The van der Waals surface area contributed by atoms with E-state index in [1.54, 1.807) is 19.1 Å². The van der Waals surface area contributed by atoms with Crippen LogP contribution in [0.1, 0.15) is 25.5 Å². The highest BCUT2D eigenvalue weighted by Crippen LogP contribution is 2.22. The van der Waals surface area contributed by atoms with Crippen LogP contribution in [0.15, 0.2) is 18.2 Å². The summed E-state index contributed by atoms with van der Waals surface area (Å²) in [6, 6.07) is 5.33. The first-order valence-corrected chi connectivity index (χ1v) is 4.59. The van der Waals surface area contributed by atoms with E-state index in [4.69, 9.17) is 16.6 Å². The van der Waals surface area contributed by atoms with E-state index in [1.807, 2.05) is 13.0 Å². The molecule has 0 fully saturated rings. The maximum absolute atomic E-state index is 9.16. The quantitative estimate of drug-likeness (QED) is 0.425. The minimum absolute atomic E-state index is 0.0153. The van der Waals surface area contributed by atoms with E-state index in [0.717, 1.165) is 5.56 Å². The lowest BCUT2D eigenvalue weighted by Gasteiger charge is -2.18. The molecule has 78 valence electrons. The summed E-state index contributed by atoms with van der Waals surface area (Å²) in [5.74, 6) is 0. The lowest BCUT2D eigenvalue weighted by Crippen LogP contribution is -2.28. The summed E-state index contributed by atoms with van der Waals surface area (Å²) >= 11 is 0. The van der Waals surface area contributed by atoms with Gasteiger partial charge < -0.3 is 16.6 Å². The Morgan fingerprint density at radius 1 is 1.29 bits per heavy atom. The first-order chi connectivity index (χ1) is 6.50. The zero-order chi connectivity index (χ0) is 10.7. The number of rotatable bonds is 3. The predicted octanol–water partition coefficient (Wildman–Crippen LogP) is 0.840. The van der Waals surface area contributed by atoms with E-state index < -0.39 is 6.23 Å². The van der Waals surface area contributed by atoms with Gasteiger partial charge in [0.05, 0.1) is 0 Å². The monoisotopic (exact) mass is 195 g/mol. The van der Waals surface area contributed by atoms with Crippen molar-refractivity contribution in [3.63, 3.8) is 0 Å². The van der Waals surface area contributed by atoms with Gasteiger partial charge in [0.25, 0.3) is 0 Å². The maximum Gasteiger partial charge on any atom is 0.102 e. The summed E-state index contributed by atoms with van der Waals surface area (Å²) < 4.78 is 0. The van der Waals surface area contributed by atoms with Gasteiger partial charge in [-0.3, -0.25) is 5.32 Å². The molecule has 4 heteroatoms. The minimum Gasteiger partial charge on any atom is -0.399 e. The Labute approximate surface area is 83.9 Å². The predicted molar refractivity (Wildman–Crippen MR) is 58.5 cm³/mol. The van der Waals surface area contributed by atoms with Crippen LogP contribution in [-0.4, -0.2) is 11.3 Å². The Hall–Kier alpha value is -1.26. The van der Waals surface area contributed by atoms with Crippen LogP contribution in [0.5, 0.6) is 0 Å². The van der Waals surface area contributed by atoms with Gasteiger partial charge in [-0.15, -0.1) is 0 Å². The first kappa shape index (κ1) is 10.8. The Bertz CT molecular complexity index is 312. The SMILES string of the molecule is CC(O)NC(C)c1cc(N)ccc1N. The number of aliphatic hydroxyl groups is 1. The molecule has 2 atom stereocenters. The molecule has 0 spiro atoms. The van der Waals surface area contributed by atoms with Crippen molar-refractivity contribution in [2.75, 3.05) is 11.5 Å². The summed E-state index contributed by atoms with van der Waals surface area (Å²) in [7, 11) is 0. The Morgan fingerprint density at radius 3 is 2.50 bits per heavy atom. The number of anilines is 2. The molecule has 0 heterocycles. The van der Waals surface area contributed by atoms with Crippen molar-refractivity contribution in [3.05, 3.63) is 23.8 Å². The van der Waals surface area contributed by atoms with E-state index in [2.05, 4.69) is 5.32 Å². The van der Waals surface area contributed by atoms with Crippen molar-refractivity contribution in [2.24, 2.45) is 0 Å². The molecular formula is C10H17N3O. The summed E-state index contributed by atoms with van der Waals surface area (Å²) in [6.07, 6.45) is -0.564. The fourth-order valence-corrected chi connectivity index (χ4v) is 1.42. The Kier molecular flexibility index (Phi) is 3.33. The third kappa shape index (κ3) is 2.61. The number of hydrogen-bond donors (Lipinski definition) is 4. The molecule has 2 unspecified atom stereocenters. The second-order valence-corrected chi connectivity index (χ2v) is 3.45. The Morgan fingerprint density at radius 2 is 1.93 bits per heavy atom. The van der Waals surface area contributed by atoms with Crippen LogP contribution in [0, 0.1) is 0 Å². The van der Waals surface area contributed by atoms with E-state index in [9.17, 15) is 0 Å². The molecule has 1 rings (SSSR count). The van der Waals surface area contributed by atoms with Gasteiger partial charge in [0, 0.05) is 17.4 Å². The van der Waals surface area contributed by atoms with Crippen molar-refractivity contribution in [3.8, 4) is 0 Å². The number of aliphatic hydroxyl groups excluding tert-OH is 1. The average molecular weight is 195 g/mol. The molecule has 4 nitrogen and oxygen atoms in total. The molecule has 0 amide bonds. The fraction of sp³-hybridized carbons (Fsp3) is 0.400. The number of nitrogen functional groups attached to an aromatic ring is 2. The second kappa shape index (κ2) is 4.30. The van der Waals surface area contributed by atoms with E-state index in [-0.39, 0.29) is 6.04 Å². The third-order valence-electron chi connectivity index (χ3n) is 2.07. The van der Waals surface area contributed by atoms with Crippen LogP contribution in [0.25, 0.3) is 0 Å². The highest BCUT2D eigenvalue weighted by molar-refractivity contribution is 5.56. The lowest BCUT2D eigenvalue weighted by molar-refractivity contribution is 0.143. The number of hydrogen-bond acceptors (Lipinski definition) is 4. The lowest BCUT2D eigenvalue weighted by atomic mass is 10.1. The van der Waals surface area contributed by atoms with Crippen LogP contribution >= 0.6 is 0 Å². The normalized spacial score (nSPS) is 15.1. The smallest absolute Gasteiger partial charge is 0.102 e. The van der Waals surface area contributed by atoms with Crippen molar-refractivity contribution in [2.45, 2.75) is 26.1 Å². The van der Waals surface area contributed by atoms with Crippen molar-refractivity contribution >= 4 is 11.4 Å². The maximum atomic E-state index is 9.16. The van der Waals surface area contributed by atoms with Gasteiger partial charge in [-0.25, -0.2) is 0 Å². The number of benzene rings is 1. The topological polar surface area (TPSA) is 84.3 Å². The molecule has 0 aliphatic carbocycles. The second-order valence-electron chi connectivity index (χ2n) is 3.45. The van der Waals surface area contributed by atoms with E-state index >= 15 is 0 Å². The molecule has 0 saturated carbocycles. The molecule has 1 aromatic carbocycles. The molecule has 6 N–H and O–H groups in total. The largest absolute Gasteiger partial charge is 0.399 e. The summed E-state index contributed by atoms with van der Waals surface area (Å²) in [5.41, 5.74) is 13.7. The van der Waals surface area contributed by atoms with Crippen LogP contribution < -0.4 is 16.8 Å². The average Bonchev–Trinajstić information content (AvgIpc) is 2.08. The zero-order valence-corrected chi connectivity index (χ0v) is 8.49. The number of nitrogens with two attached hydrogens (primary N) is 2. The summed E-state index contributed by atoms with van der Waals surface area (Å²) in [5, 5.41) is 12.1. The van der Waals surface area contributed by atoms with Crippen molar-refractivity contribution in [1.82, 2.24) is 5.32 Å². The molecule has 1 aromatic rings.